The molecule has 0 unspecified atom stereocenters. The van der Waals surface area contributed by atoms with Crippen LogP contribution in [0.4, 0.5) is 0 Å². The summed E-state index contributed by atoms with van der Waals surface area (Å²) in [6.45, 7) is 5.61. The summed E-state index contributed by atoms with van der Waals surface area (Å²) in [5.41, 5.74) is 3.41. The molecule has 1 aliphatic rings. The van der Waals surface area contributed by atoms with Crippen molar-refractivity contribution in [3.05, 3.63) is 58.7 Å². The number of nitrogens with one attached hydrogen (secondary N) is 1. The van der Waals surface area contributed by atoms with Gasteiger partial charge in [0.25, 0.3) is 5.91 Å². The number of carbonyl (C=O) groups is 2. The Kier molecular flexibility index (Phi) is 5.11. The number of fused-ring (bicyclic) bond motifs is 1. The Morgan fingerprint density at radius 1 is 1.08 bits per heavy atom. The molecule has 136 valence electrons. The van der Waals surface area contributed by atoms with E-state index in [9.17, 15) is 9.59 Å². The van der Waals surface area contributed by atoms with Gasteiger partial charge in [-0.15, -0.1) is 0 Å². The molecule has 0 fully saturated rings. The van der Waals surface area contributed by atoms with Crippen molar-refractivity contribution < 1.29 is 23.8 Å². The van der Waals surface area contributed by atoms with Gasteiger partial charge in [-0.25, -0.2) is 4.79 Å². The molecule has 0 saturated carbocycles. The molecule has 0 bridgehead atoms. The van der Waals surface area contributed by atoms with Crippen molar-refractivity contribution in [1.29, 1.82) is 0 Å². The van der Waals surface area contributed by atoms with E-state index < -0.39 is 5.97 Å². The van der Waals surface area contributed by atoms with Gasteiger partial charge in [-0.3, -0.25) is 4.79 Å². The zero-order chi connectivity index (χ0) is 18.7. The van der Waals surface area contributed by atoms with Gasteiger partial charge >= 0.3 is 5.97 Å². The normalized spacial score (nSPS) is 13.2. The summed E-state index contributed by atoms with van der Waals surface area (Å²) in [4.78, 5) is 24.1. The van der Waals surface area contributed by atoms with Crippen LogP contribution in [0.3, 0.4) is 0 Å². The molecule has 26 heavy (non-hydrogen) atoms. The van der Waals surface area contributed by atoms with E-state index in [2.05, 4.69) is 5.32 Å². The monoisotopic (exact) mass is 355 g/mol. The van der Waals surface area contributed by atoms with Gasteiger partial charge in [0.05, 0.1) is 11.6 Å². The largest absolute Gasteiger partial charge is 0.454 e. The standard InChI is InChI=1S/C20H21NO5/c1-12-4-5-16(8-13(12)2)20(23)24-10-19(22)21-14(3)15-6-7-17-18(9-15)26-11-25-17/h4-9,14H,10-11H2,1-3H3,(H,21,22)/t14-/m1/s1. The summed E-state index contributed by atoms with van der Waals surface area (Å²) in [7, 11) is 0. The molecule has 1 amide bonds. The molecular formula is C20H21NO5. The van der Waals surface area contributed by atoms with E-state index in [4.69, 9.17) is 14.2 Å². The third-order valence-electron chi connectivity index (χ3n) is 4.35. The predicted molar refractivity (Wildman–Crippen MR) is 95.3 cm³/mol. The number of hydrogen-bond donors (Lipinski definition) is 1. The second kappa shape index (κ2) is 7.47. The summed E-state index contributed by atoms with van der Waals surface area (Å²) >= 11 is 0. The van der Waals surface area contributed by atoms with Crippen molar-refractivity contribution in [2.24, 2.45) is 0 Å². The van der Waals surface area contributed by atoms with E-state index in [0.717, 1.165) is 16.7 Å². The minimum absolute atomic E-state index is 0.202. The molecule has 1 atom stereocenters. The third kappa shape index (κ3) is 3.96. The van der Waals surface area contributed by atoms with E-state index in [1.807, 2.05) is 39.0 Å². The Hall–Kier alpha value is -3.02. The van der Waals surface area contributed by atoms with E-state index in [0.29, 0.717) is 17.1 Å². The molecule has 3 rings (SSSR count). The molecule has 0 saturated heterocycles. The van der Waals surface area contributed by atoms with Crippen LogP contribution in [-0.2, 0) is 9.53 Å². The van der Waals surface area contributed by atoms with Crippen LogP contribution in [0.2, 0.25) is 0 Å². The van der Waals surface area contributed by atoms with Gasteiger partial charge in [-0.05, 0) is 61.7 Å². The van der Waals surface area contributed by atoms with Crippen LogP contribution in [0, 0.1) is 13.8 Å². The first-order valence-electron chi connectivity index (χ1n) is 8.37. The van der Waals surface area contributed by atoms with E-state index >= 15 is 0 Å². The van der Waals surface area contributed by atoms with Crippen LogP contribution >= 0.6 is 0 Å². The van der Waals surface area contributed by atoms with Gasteiger partial charge in [0.15, 0.2) is 18.1 Å². The van der Waals surface area contributed by atoms with Gasteiger partial charge < -0.3 is 19.5 Å². The second-order valence-electron chi connectivity index (χ2n) is 6.28. The minimum atomic E-state index is -0.515. The number of rotatable bonds is 5. The SMILES string of the molecule is Cc1ccc(C(=O)OCC(=O)N[C@H](C)c2ccc3c(c2)OCO3)cc1C. The first kappa shape index (κ1) is 17.8. The van der Waals surface area contributed by atoms with Crippen molar-refractivity contribution in [3.63, 3.8) is 0 Å². The molecule has 1 aliphatic heterocycles. The summed E-state index contributed by atoms with van der Waals surface area (Å²) < 4.78 is 15.7. The summed E-state index contributed by atoms with van der Waals surface area (Å²) in [6.07, 6.45) is 0. The maximum atomic E-state index is 12.1. The Morgan fingerprint density at radius 2 is 1.85 bits per heavy atom. The predicted octanol–water partition coefficient (Wildman–Crippen LogP) is 3.07. The molecule has 6 heteroatoms. The van der Waals surface area contributed by atoms with Crippen molar-refractivity contribution in [2.75, 3.05) is 13.4 Å². The first-order valence-corrected chi connectivity index (χ1v) is 8.37. The van der Waals surface area contributed by atoms with Crippen LogP contribution in [0.1, 0.15) is 40.0 Å². The second-order valence-corrected chi connectivity index (χ2v) is 6.28. The Bertz CT molecular complexity index is 846. The molecule has 0 aromatic heterocycles. The lowest BCUT2D eigenvalue weighted by molar-refractivity contribution is -0.124. The topological polar surface area (TPSA) is 73.9 Å². The fourth-order valence-electron chi connectivity index (χ4n) is 2.63. The number of ether oxygens (including phenoxy) is 3. The molecule has 2 aromatic rings. The lowest BCUT2D eigenvalue weighted by atomic mass is 10.1. The molecule has 1 heterocycles. The average molecular weight is 355 g/mol. The number of carbonyl (C=O) groups excluding carboxylic acids is 2. The number of amides is 1. The average Bonchev–Trinajstić information content (AvgIpc) is 3.09. The molecular weight excluding hydrogens is 334 g/mol. The van der Waals surface area contributed by atoms with Gasteiger partial charge in [-0.2, -0.15) is 0 Å². The van der Waals surface area contributed by atoms with E-state index in [1.54, 1.807) is 18.2 Å². The van der Waals surface area contributed by atoms with Gasteiger partial charge in [0, 0.05) is 0 Å². The Morgan fingerprint density at radius 3 is 2.62 bits per heavy atom. The number of benzene rings is 2. The van der Waals surface area contributed by atoms with Crippen LogP contribution in [0.15, 0.2) is 36.4 Å². The number of hydrogen-bond acceptors (Lipinski definition) is 5. The molecule has 0 spiro atoms. The maximum Gasteiger partial charge on any atom is 0.338 e. The zero-order valence-corrected chi connectivity index (χ0v) is 15.0. The van der Waals surface area contributed by atoms with Crippen LogP contribution < -0.4 is 14.8 Å². The highest BCUT2D eigenvalue weighted by atomic mass is 16.7. The molecule has 2 aromatic carbocycles. The fourth-order valence-corrected chi connectivity index (χ4v) is 2.63. The van der Waals surface area contributed by atoms with E-state index in [-0.39, 0.29) is 25.3 Å². The van der Waals surface area contributed by atoms with Gasteiger partial charge in [0.1, 0.15) is 0 Å². The van der Waals surface area contributed by atoms with Gasteiger partial charge in [-0.1, -0.05) is 12.1 Å². The third-order valence-corrected chi connectivity index (χ3v) is 4.35. The summed E-state index contributed by atoms with van der Waals surface area (Å²) in [6, 6.07) is 10.5. The molecule has 0 aliphatic carbocycles. The molecule has 1 N–H and O–H groups in total. The van der Waals surface area contributed by atoms with Crippen LogP contribution in [0.25, 0.3) is 0 Å². The van der Waals surface area contributed by atoms with Crippen molar-refractivity contribution in [1.82, 2.24) is 5.32 Å². The van der Waals surface area contributed by atoms with Crippen LogP contribution in [0.5, 0.6) is 11.5 Å². The number of aryl methyl sites for hydroxylation is 2. The minimum Gasteiger partial charge on any atom is -0.454 e. The highest BCUT2D eigenvalue weighted by Crippen LogP contribution is 2.34. The summed E-state index contributed by atoms with van der Waals surface area (Å²) in [5.74, 6) is 0.464. The lowest BCUT2D eigenvalue weighted by Gasteiger charge is -2.15. The zero-order valence-electron chi connectivity index (χ0n) is 15.0. The van der Waals surface area contributed by atoms with Crippen molar-refractivity contribution in [2.45, 2.75) is 26.8 Å². The maximum absolute atomic E-state index is 12.1. The van der Waals surface area contributed by atoms with Gasteiger partial charge in [0.2, 0.25) is 6.79 Å². The molecule has 6 nitrogen and oxygen atoms in total. The number of esters is 1. The highest BCUT2D eigenvalue weighted by molar-refractivity contribution is 5.91. The Balaban J connectivity index is 1.53. The quantitative estimate of drug-likeness (QED) is 0.835. The van der Waals surface area contributed by atoms with E-state index in [1.165, 1.54) is 0 Å². The van der Waals surface area contributed by atoms with Crippen molar-refractivity contribution >= 4 is 11.9 Å². The van der Waals surface area contributed by atoms with Crippen LogP contribution in [-0.4, -0.2) is 25.3 Å². The molecule has 0 radical (unpaired) electrons. The first-order chi connectivity index (χ1) is 12.4. The Labute approximate surface area is 152 Å². The highest BCUT2D eigenvalue weighted by Gasteiger charge is 2.17. The fraction of sp³-hybridized carbons (Fsp3) is 0.300. The van der Waals surface area contributed by atoms with Crippen molar-refractivity contribution in [3.8, 4) is 11.5 Å². The summed E-state index contributed by atoms with van der Waals surface area (Å²) in [5, 5.41) is 2.80. The smallest absolute Gasteiger partial charge is 0.338 e. The lowest BCUT2D eigenvalue weighted by Crippen LogP contribution is -2.31.